The largest absolute Gasteiger partial charge is 0.497 e. The van der Waals surface area contributed by atoms with E-state index in [1.807, 2.05) is 31.2 Å². The van der Waals surface area contributed by atoms with Gasteiger partial charge >= 0.3 is 0 Å². The Labute approximate surface area is 101 Å². The zero-order chi connectivity index (χ0) is 12.7. The average Bonchev–Trinajstić information content (AvgIpc) is 2.34. The Balaban J connectivity index is 2.49. The van der Waals surface area contributed by atoms with E-state index in [0.717, 1.165) is 24.3 Å². The molecule has 4 N–H and O–H groups in total. The second kappa shape index (κ2) is 6.52. The Morgan fingerprint density at radius 2 is 1.82 bits per heavy atom. The molecule has 1 rings (SSSR count). The number of guanidine groups is 1. The topological polar surface area (TPSA) is 86.0 Å². The molecule has 0 amide bonds. The van der Waals surface area contributed by atoms with Crippen molar-refractivity contribution in [2.45, 2.75) is 19.8 Å². The van der Waals surface area contributed by atoms with Crippen molar-refractivity contribution in [1.29, 1.82) is 0 Å². The van der Waals surface area contributed by atoms with Crippen LogP contribution in [0.1, 0.15) is 18.9 Å². The molecule has 0 aliphatic rings. The monoisotopic (exact) mass is 234 g/mol. The standard InChI is InChI=1S/C12H18N4O/c1-9(15-16-12(13)14)3-4-10-5-7-11(17-2)8-6-10/h5-8H,3-4H2,1-2H3,(H4,13,14,16). The highest BCUT2D eigenvalue weighted by Gasteiger charge is 1.97. The smallest absolute Gasteiger partial charge is 0.211 e. The van der Waals surface area contributed by atoms with Gasteiger partial charge in [0.25, 0.3) is 0 Å². The van der Waals surface area contributed by atoms with Crippen LogP contribution in [0.25, 0.3) is 0 Å². The maximum atomic E-state index is 5.19. The zero-order valence-corrected chi connectivity index (χ0v) is 10.2. The predicted molar refractivity (Wildman–Crippen MR) is 70.2 cm³/mol. The Kier molecular flexibility index (Phi) is 5.00. The molecule has 1 aromatic rings. The van der Waals surface area contributed by atoms with Crippen molar-refractivity contribution in [1.82, 2.24) is 0 Å². The first-order valence-electron chi connectivity index (χ1n) is 5.37. The highest BCUT2D eigenvalue weighted by atomic mass is 16.5. The fourth-order valence-electron chi connectivity index (χ4n) is 1.31. The lowest BCUT2D eigenvalue weighted by molar-refractivity contribution is 0.414. The molecule has 92 valence electrons. The number of ether oxygens (including phenoxy) is 1. The van der Waals surface area contributed by atoms with Crippen molar-refractivity contribution < 1.29 is 4.74 Å². The minimum Gasteiger partial charge on any atom is -0.497 e. The van der Waals surface area contributed by atoms with E-state index in [1.54, 1.807) is 7.11 Å². The quantitative estimate of drug-likeness (QED) is 0.457. The number of aryl methyl sites for hydroxylation is 1. The highest BCUT2D eigenvalue weighted by molar-refractivity contribution is 5.83. The van der Waals surface area contributed by atoms with E-state index in [9.17, 15) is 0 Å². The normalized spacial score (nSPS) is 11.1. The van der Waals surface area contributed by atoms with E-state index < -0.39 is 0 Å². The second-order valence-corrected chi connectivity index (χ2v) is 3.71. The molecule has 1 aromatic carbocycles. The van der Waals surface area contributed by atoms with Gasteiger partial charge < -0.3 is 16.2 Å². The molecule has 0 aliphatic heterocycles. The van der Waals surface area contributed by atoms with Crippen LogP contribution < -0.4 is 16.2 Å². The van der Waals surface area contributed by atoms with Gasteiger partial charge in [-0.2, -0.15) is 5.10 Å². The summed E-state index contributed by atoms with van der Waals surface area (Å²) in [5.74, 6) is 0.841. The van der Waals surface area contributed by atoms with Crippen LogP contribution >= 0.6 is 0 Å². The summed E-state index contributed by atoms with van der Waals surface area (Å²) in [6.07, 6.45) is 1.72. The van der Waals surface area contributed by atoms with Crippen LogP contribution in [0.3, 0.4) is 0 Å². The fourth-order valence-corrected chi connectivity index (χ4v) is 1.31. The van der Waals surface area contributed by atoms with Gasteiger partial charge in [0.05, 0.1) is 7.11 Å². The Bertz CT molecular complexity index is 405. The lowest BCUT2D eigenvalue weighted by atomic mass is 10.1. The third kappa shape index (κ3) is 5.01. The van der Waals surface area contributed by atoms with Gasteiger partial charge in [0.1, 0.15) is 5.75 Å². The summed E-state index contributed by atoms with van der Waals surface area (Å²) in [4.78, 5) is 0. The summed E-state index contributed by atoms with van der Waals surface area (Å²) in [6, 6.07) is 7.95. The van der Waals surface area contributed by atoms with Gasteiger partial charge in [0, 0.05) is 5.71 Å². The minimum atomic E-state index is -0.0196. The van der Waals surface area contributed by atoms with Gasteiger partial charge in [-0.15, -0.1) is 5.10 Å². The molecule has 0 spiro atoms. The molecule has 0 aliphatic carbocycles. The Morgan fingerprint density at radius 3 is 2.35 bits per heavy atom. The maximum Gasteiger partial charge on any atom is 0.211 e. The van der Waals surface area contributed by atoms with E-state index in [4.69, 9.17) is 16.2 Å². The Morgan fingerprint density at radius 1 is 1.18 bits per heavy atom. The molecule has 17 heavy (non-hydrogen) atoms. The third-order valence-corrected chi connectivity index (χ3v) is 2.27. The van der Waals surface area contributed by atoms with Gasteiger partial charge in [-0.25, -0.2) is 0 Å². The number of methoxy groups -OCH3 is 1. The molecule has 0 saturated carbocycles. The lowest BCUT2D eigenvalue weighted by Gasteiger charge is -2.03. The van der Waals surface area contributed by atoms with Crippen LogP contribution in [0.4, 0.5) is 0 Å². The average molecular weight is 234 g/mol. The predicted octanol–water partition coefficient (Wildman–Crippen LogP) is 1.28. The van der Waals surface area contributed by atoms with Crippen molar-refractivity contribution in [3.8, 4) is 5.75 Å². The second-order valence-electron chi connectivity index (χ2n) is 3.71. The van der Waals surface area contributed by atoms with Crippen LogP contribution in [0, 0.1) is 0 Å². The summed E-state index contributed by atoms with van der Waals surface area (Å²) < 4.78 is 5.09. The summed E-state index contributed by atoms with van der Waals surface area (Å²) in [7, 11) is 1.65. The first-order chi connectivity index (χ1) is 8.11. The number of hydrogen-bond donors (Lipinski definition) is 2. The van der Waals surface area contributed by atoms with Gasteiger partial charge in [-0.3, -0.25) is 0 Å². The van der Waals surface area contributed by atoms with Gasteiger partial charge in [0.2, 0.25) is 5.96 Å². The first kappa shape index (κ1) is 13.0. The third-order valence-electron chi connectivity index (χ3n) is 2.27. The molecule has 0 aromatic heterocycles. The van der Waals surface area contributed by atoms with Gasteiger partial charge in [0.15, 0.2) is 0 Å². The fraction of sp³-hybridized carbons (Fsp3) is 0.333. The van der Waals surface area contributed by atoms with Crippen molar-refractivity contribution in [2.75, 3.05) is 7.11 Å². The van der Waals surface area contributed by atoms with Crippen molar-refractivity contribution >= 4 is 11.7 Å². The van der Waals surface area contributed by atoms with Crippen LogP contribution in [0.2, 0.25) is 0 Å². The first-order valence-corrected chi connectivity index (χ1v) is 5.37. The van der Waals surface area contributed by atoms with E-state index in [-0.39, 0.29) is 5.96 Å². The molecule has 0 bridgehead atoms. The summed E-state index contributed by atoms with van der Waals surface area (Å²) >= 11 is 0. The van der Waals surface area contributed by atoms with Crippen molar-refractivity contribution in [3.05, 3.63) is 29.8 Å². The number of rotatable bonds is 5. The van der Waals surface area contributed by atoms with E-state index >= 15 is 0 Å². The number of hydrogen-bond acceptors (Lipinski definition) is 3. The lowest BCUT2D eigenvalue weighted by Crippen LogP contribution is -2.22. The molecule has 0 fully saturated rings. The minimum absolute atomic E-state index is 0.0196. The summed E-state index contributed by atoms with van der Waals surface area (Å²) in [6.45, 7) is 1.90. The molecule has 0 radical (unpaired) electrons. The number of nitrogens with two attached hydrogens (primary N) is 2. The number of benzene rings is 1. The molecule has 0 unspecified atom stereocenters. The molecule has 0 atom stereocenters. The molecular formula is C12H18N4O. The van der Waals surface area contributed by atoms with Crippen molar-refractivity contribution in [2.24, 2.45) is 21.7 Å². The van der Waals surface area contributed by atoms with Gasteiger partial charge in [-0.1, -0.05) is 12.1 Å². The molecule has 5 nitrogen and oxygen atoms in total. The van der Waals surface area contributed by atoms with E-state index in [2.05, 4.69) is 10.2 Å². The highest BCUT2D eigenvalue weighted by Crippen LogP contribution is 2.12. The Hall–Kier alpha value is -2.04. The maximum absolute atomic E-state index is 5.19. The van der Waals surface area contributed by atoms with E-state index in [1.165, 1.54) is 5.56 Å². The number of nitrogens with zero attached hydrogens (tertiary/aromatic N) is 2. The SMILES string of the molecule is COc1ccc(CCC(C)=NN=C(N)N)cc1. The molecule has 0 saturated heterocycles. The molecule has 5 heteroatoms. The van der Waals surface area contributed by atoms with Gasteiger partial charge in [-0.05, 0) is 37.5 Å². The summed E-state index contributed by atoms with van der Waals surface area (Å²) in [5, 5.41) is 7.51. The molecular weight excluding hydrogens is 216 g/mol. The zero-order valence-electron chi connectivity index (χ0n) is 10.2. The van der Waals surface area contributed by atoms with Crippen LogP contribution in [0.5, 0.6) is 5.75 Å². The van der Waals surface area contributed by atoms with E-state index in [0.29, 0.717) is 0 Å². The molecule has 0 heterocycles. The van der Waals surface area contributed by atoms with Crippen LogP contribution in [-0.2, 0) is 6.42 Å². The van der Waals surface area contributed by atoms with Crippen LogP contribution in [-0.4, -0.2) is 18.8 Å². The van der Waals surface area contributed by atoms with Crippen LogP contribution in [0.15, 0.2) is 34.5 Å². The van der Waals surface area contributed by atoms with Crippen molar-refractivity contribution in [3.63, 3.8) is 0 Å². The summed E-state index contributed by atoms with van der Waals surface area (Å²) in [5.41, 5.74) is 12.5.